The fourth-order valence-electron chi connectivity index (χ4n) is 3.34. The van der Waals surface area contributed by atoms with Crippen molar-refractivity contribution in [3.63, 3.8) is 0 Å². The normalized spacial score (nSPS) is 13.9. The van der Waals surface area contributed by atoms with Crippen LogP contribution in [0.25, 0.3) is 5.57 Å². The third kappa shape index (κ3) is 5.26. The Morgan fingerprint density at radius 3 is 2.32 bits per heavy atom. The fourth-order valence-corrected chi connectivity index (χ4v) is 3.34. The van der Waals surface area contributed by atoms with Crippen molar-refractivity contribution in [2.75, 3.05) is 25.1 Å². The summed E-state index contributed by atoms with van der Waals surface area (Å²) in [7, 11) is 0. The van der Waals surface area contributed by atoms with Crippen molar-refractivity contribution in [1.29, 1.82) is 0 Å². The van der Waals surface area contributed by atoms with Crippen LogP contribution in [0.4, 0.5) is 5.69 Å². The van der Waals surface area contributed by atoms with Crippen LogP contribution in [0, 0.1) is 5.92 Å². The zero-order valence-corrected chi connectivity index (χ0v) is 18.6. The molecule has 164 valence electrons. The molecule has 0 spiro atoms. The summed E-state index contributed by atoms with van der Waals surface area (Å²) in [5, 5.41) is 3.17. The second-order valence-corrected chi connectivity index (χ2v) is 7.83. The molecule has 6 heteroatoms. The lowest BCUT2D eigenvalue weighted by molar-refractivity contribution is -0.136. The zero-order valence-electron chi connectivity index (χ0n) is 18.6. The van der Waals surface area contributed by atoms with Gasteiger partial charge in [0, 0.05) is 18.3 Å². The highest BCUT2D eigenvalue weighted by molar-refractivity contribution is 6.36. The number of imide groups is 1. The average molecular weight is 423 g/mol. The third-order valence-electron chi connectivity index (χ3n) is 4.76. The highest BCUT2D eigenvalue weighted by atomic mass is 16.5. The monoisotopic (exact) mass is 422 g/mol. The van der Waals surface area contributed by atoms with E-state index in [2.05, 4.69) is 19.2 Å². The molecule has 1 aliphatic heterocycles. The minimum absolute atomic E-state index is 0.281. The van der Waals surface area contributed by atoms with Crippen LogP contribution in [0.1, 0.15) is 39.7 Å². The molecule has 0 saturated carbocycles. The lowest BCUT2D eigenvalue weighted by Crippen LogP contribution is -2.33. The number of hydrogen-bond acceptors (Lipinski definition) is 5. The molecule has 0 saturated heterocycles. The maximum Gasteiger partial charge on any atom is 0.278 e. The molecule has 6 nitrogen and oxygen atoms in total. The summed E-state index contributed by atoms with van der Waals surface area (Å²) in [6, 6.07) is 14.7. The lowest BCUT2D eigenvalue weighted by Gasteiger charge is -2.14. The van der Waals surface area contributed by atoms with Gasteiger partial charge in [-0.05, 0) is 49.1 Å². The van der Waals surface area contributed by atoms with Crippen LogP contribution in [-0.2, 0) is 9.59 Å². The molecule has 2 aromatic rings. The summed E-state index contributed by atoms with van der Waals surface area (Å²) in [6.45, 7) is 9.57. The lowest BCUT2D eigenvalue weighted by atomic mass is 10.0. The second-order valence-electron chi connectivity index (χ2n) is 7.83. The standard InChI is InChI=1S/C25H30N2O4/c1-5-14-27-24(28)22(18-10-12-20(13-11-18)31-16-17(3)4)23(25(27)29)26-19-8-7-9-21(15-19)30-6-2/h7-13,15,17,26H,5-6,14,16H2,1-4H3. The first kappa shape index (κ1) is 22.4. The van der Waals surface area contributed by atoms with Gasteiger partial charge in [0.2, 0.25) is 0 Å². The fraction of sp³-hybridized carbons (Fsp3) is 0.360. The van der Waals surface area contributed by atoms with Crippen molar-refractivity contribution in [1.82, 2.24) is 4.90 Å². The molecule has 31 heavy (non-hydrogen) atoms. The Kier molecular flexibility index (Phi) is 7.34. The maximum absolute atomic E-state index is 13.1. The number of anilines is 1. The molecular weight excluding hydrogens is 392 g/mol. The van der Waals surface area contributed by atoms with E-state index in [-0.39, 0.29) is 17.5 Å². The van der Waals surface area contributed by atoms with Crippen LogP contribution in [0.5, 0.6) is 11.5 Å². The Hall–Kier alpha value is -3.28. The first-order valence-corrected chi connectivity index (χ1v) is 10.8. The van der Waals surface area contributed by atoms with Crippen LogP contribution < -0.4 is 14.8 Å². The maximum atomic E-state index is 13.1. The van der Waals surface area contributed by atoms with Gasteiger partial charge in [0.1, 0.15) is 17.2 Å². The number of carbonyl (C=O) groups is 2. The van der Waals surface area contributed by atoms with Gasteiger partial charge in [0.05, 0.1) is 18.8 Å². The number of nitrogens with one attached hydrogen (secondary N) is 1. The number of hydrogen-bond donors (Lipinski definition) is 1. The van der Waals surface area contributed by atoms with Crippen molar-refractivity contribution in [2.24, 2.45) is 5.92 Å². The highest BCUT2D eigenvalue weighted by Gasteiger charge is 2.38. The van der Waals surface area contributed by atoms with Crippen LogP contribution in [0.2, 0.25) is 0 Å². The largest absolute Gasteiger partial charge is 0.494 e. The average Bonchev–Trinajstić information content (AvgIpc) is 2.98. The predicted octanol–water partition coefficient (Wildman–Crippen LogP) is 4.72. The van der Waals surface area contributed by atoms with E-state index in [0.717, 1.165) is 5.75 Å². The molecule has 0 aliphatic carbocycles. The number of rotatable bonds is 10. The number of benzene rings is 2. The number of nitrogens with zero attached hydrogens (tertiary/aromatic N) is 1. The van der Waals surface area contributed by atoms with Gasteiger partial charge in [-0.2, -0.15) is 0 Å². The van der Waals surface area contributed by atoms with Gasteiger partial charge in [-0.15, -0.1) is 0 Å². The van der Waals surface area contributed by atoms with E-state index in [1.165, 1.54) is 4.90 Å². The van der Waals surface area contributed by atoms with E-state index >= 15 is 0 Å². The molecular formula is C25H30N2O4. The molecule has 0 aromatic heterocycles. The number of ether oxygens (including phenoxy) is 2. The summed E-state index contributed by atoms with van der Waals surface area (Å²) in [4.78, 5) is 27.5. The van der Waals surface area contributed by atoms with Crippen molar-refractivity contribution < 1.29 is 19.1 Å². The molecule has 3 rings (SSSR count). The molecule has 1 N–H and O–H groups in total. The zero-order chi connectivity index (χ0) is 22.4. The molecule has 0 bridgehead atoms. The minimum atomic E-state index is -0.316. The quantitative estimate of drug-likeness (QED) is 0.561. The van der Waals surface area contributed by atoms with E-state index < -0.39 is 0 Å². The van der Waals surface area contributed by atoms with Crippen molar-refractivity contribution in [2.45, 2.75) is 34.1 Å². The molecule has 2 amide bonds. The Morgan fingerprint density at radius 1 is 0.935 bits per heavy atom. The topological polar surface area (TPSA) is 67.9 Å². The Balaban J connectivity index is 1.95. The van der Waals surface area contributed by atoms with Crippen LogP contribution in [0.15, 0.2) is 54.2 Å². The van der Waals surface area contributed by atoms with E-state index in [1.54, 1.807) is 0 Å². The van der Waals surface area contributed by atoms with Crippen LogP contribution >= 0.6 is 0 Å². The van der Waals surface area contributed by atoms with Gasteiger partial charge in [0.25, 0.3) is 11.8 Å². The van der Waals surface area contributed by atoms with Crippen molar-refractivity contribution >= 4 is 23.1 Å². The Morgan fingerprint density at radius 2 is 1.68 bits per heavy atom. The van der Waals surface area contributed by atoms with E-state index in [4.69, 9.17) is 9.47 Å². The minimum Gasteiger partial charge on any atom is -0.494 e. The van der Waals surface area contributed by atoms with E-state index in [1.807, 2.05) is 62.4 Å². The first-order chi connectivity index (χ1) is 14.9. The van der Waals surface area contributed by atoms with Gasteiger partial charge >= 0.3 is 0 Å². The smallest absolute Gasteiger partial charge is 0.278 e. The molecule has 0 unspecified atom stereocenters. The van der Waals surface area contributed by atoms with Crippen molar-refractivity contribution in [3.05, 3.63) is 59.8 Å². The van der Waals surface area contributed by atoms with Crippen LogP contribution in [-0.4, -0.2) is 36.5 Å². The Bertz CT molecular complexity index is 964. The van der Waals surface area contributed by atoms with Gasteiger partial charge in [-0.3, -0.25) is 14.5 Å². The Labute approximate surface area is 183 Å². The molecule has 1 aliphatic rings. The van der Waals surface area contributed by atoms with Gasteiger partial charge in [-0.25, -0.2) is 0 Å². The molecule has 0 atom stereocenters. The van der Waals surface area contributed by atoms with Gasteiger partial charge in [0.15, 0.2) is 0 Å². The van der Waals surface area contributed by atoms with Gasteiger partial charge in [-0.1, -0.05) is 39.0 Å². The summed E-state index contributed by atoms with van der Waals surface area (Å²) in [5.41, 5.74) is 2.02. The SMILES string of the molecule is CCCN1C(=O)C(Nc2cccc(OCC)c2)=C(c2ccc(OCC(C)C)cc2)C1=O. The van der Waals surface area contributed by atoms with E-state index in [9.17, 15) is 9.59 Å². The van der Waals surface area contributed by atoms with Crippen LogP contribution in [0.3, 0.4) is 0 Å². The molecule has 2 aromatic carbocycles. The van der Waals surface area contributed by atoms with Gasteiger partial charge < -0.3 is 14.8 Å². The highest BCUT2D eigenvalue weighted by Crippen LogP contribution is 2.32. The van der Waals surface area contributed by atoms with E-state index in [0.29, 0.717) is 54.7 Å². The first-order valence-electron chi connectivity index (χ1n) is 10.8. The van der Waals surface area contributed by atoms with Crippen molar-refractivity contribution in [3.8, 4) is 11.5 Å². The predicted molar refractivity (Wildman–Crippen MR) is 122 cm³/mol. The molecule has 1 heterocycles. The summed E-state index contributed by atoms with van der Waals surface area (Å²) >= 11 is 0. The summed E-state index contributed by atoms with van der Waals surface area (Å²) in [5.74, 6) is 1.25. The third-order valence-corrected chi connectivity index (χ3v) is 4.76. The number of carbonyl (C=O) groups excluding carboxylic acids is 2. The second kappa shape index (κ2) is 10.2. The summed E-state index contributed by atoms with van der Waals surface area (Å²) in [6.07, 6.45) is 0.694. The molecule has 0 fully saturated rings. The molecule has 0 radical (unpaired) electrons. The number of amides is 2. The summed E-state index contributed by atoms with van der Waals surface area (Å²) < 4.78 is 11.3.